The summed E-state index contributed by atoms with van der Waals surface area (Å²) in [5, 5.41) is 9.33. The first kappa shape index (κ1) is 13.1. The molecule has 1 amide bonds. The van der Waals surface area contributed by atoms with Crippen LogP contribution < -0.4 is 5.73 Å². The SMILES string of the molecule is CCCc1ccc(C(N)=O)c(-c2ccc(O)cc2)c1. The Morgan fingerprint density at radius 2 is 1.84 bits per heavy atom. The Kier molecular flexibility index (Phi) is 3.85. The lowest BCUT2D eigenvalue weighted by Gasteiger charge is -2.10. The number of hydrogen-bond donors (Lipinski definition) is 2. The Bertz CT molecular complexity index is 588. The summed E-state index contributed by atoms with van der Waals surface area (Å²) < 4.78 is 0. The van der Waals surface area contributed by atoms with Crippen LogP contribution in [0.1, 0.15) is 29.3 Å². The third-order valence-electron chi connectivity index (χ3n) is 3.07. The second-order valence-electron chi connectivity index (χ2n) is 4.54. The summed E-state index contributed by atoms with van der Waals surface area (Å²) in [7, 11) is 0. The number of benzene rings is 2. The highest BCUT2D eigenvalue weighted by Crippen LogP contribution is 2.27. The van der Waals surface area contributed by atoms with Gasteiger partial charge in [0.15, 0.2) is 0 Å². The minimum atomic E-state index is -0.439. The number of amides is 1. The number of rotatable bonds is 4. The van der Waals surface area contributed by atoms with E-state index in [1.54, 1.807) is 30.3 Å². The lowest BCUT2D eigenvalue weighted by Crippen LogP contribution is -2.12. The Morgan fingerprint density at radius 1 is 1.16 bits per heavy atom. The summed E-state index contributed by atoms with van der Waals surface area (Å²) in [4.78, 5) is 11.5. The van der Waals surface area contributed by atoms with Gasteiger partial charge in [-0.25, -0.2) is 0 Å². The minimum absolute atomic E-state index is 0.203. The largest absolute Gasteiger partial charge is 0.508 e. The quantitative estimate of drug-likeness (QED) is 0.881. The molecule has 0 radical (unpaired) electrons. The lowest BCUT2D eigenvalue weighted by molar-refractivity contribution is 0.100. The fourth-order valence-corrected chi connectivity index (χ4v) is 2.13. The van der Waals surface area contributed by atoms with Gasteiger partial charge in [-0.05, 0) is 41.3 Å². The smallest absolute Gasteiger partial charge is 0.249 e. The van der Waals surface area contributed by atoms with Crippen molar-refractivity contribution in [1.29, 1.82) is 0 Å². The minimum Gasteiger partial charge on any atom is -0.508 e. The Labute approximate surface area is 112 Å². The molecule has 0 aliphatic carbocycles. The average molecular weight is 255 g/mol. The summed E-state index contributed by atoms with van der Waals surface area (Å²) in [6.07, 6.45) is 2.01. The van der Waals surface area contributed by atoms with Gasteiger partial charge in [0.05, 0.1) is 0 Å². The molecule has 0 aliphatic heterocycles. The molecule has 0 spiro atoms. The molecule has 3 N–H and O–H groups in total. The highest BCUT2D eigenvalue weighted by Gasteiger charge is 2.10. The predicted octanol–water partition coefficient (Wildman–Crippen LogP) is 3.11. The molecule has 19 heavy (non-hydrogen) atoms. The molecule has 98 valence electrons. The highest BCUT2D eigenvalue weighted by atomic mass is 16.3. The van der Waals surface area contributed by atoms with E-state index in [0.29, 0.717) is 5.56 Å². The zero-order valence-corrected chi connectivity index (χ0v) is 10.9. The molecule has 0 saturated heterocycles. The van der Waals surface area contributed by atoms with Crippen molar-refractivity contribution in [2.45, 2.75) is 19.8 Å². The molecular weight excluding hydrogens is 238 g/mol. The average Bonchev–Trinajstić information content (AvgIpc) is 2.39. The van der Waals surface area contributed by atoms with E-state index in [1.165, 1.54) is 5.56 Å². The van der Waals surface area contributed by atoms with Crippen LogP contribution in [0.2, 0.25) is 0 Å². The molecule has 0 bridgehead atoms. The number of phenols is 1. The van der Waals surface area contributed by atoms with E-state index in [9.17, 15) is 9.90 Å². The van der Waals surface area contributed by atoms with E-state index in [-0.39, 0.29) is 5.75 Å². The van der Waals surface area contributed by atoms with Gasteiger partial charge < -0.3 is 10.8 Å². The first-order valence-electron chi connectivity index (χ1n) is 6.34. The molecule has 0 unspecified atom stereocenters. The number of hydrogen-bond acceptors (Lipinski definition) is 2. The van der Waals surface area contributed by atoms with Crippen molar-refractivity contribution < 1.29 is 9.90 Å². The molecule has 3 heteroatoms. The maximum absolute atomic E-state index is 11.5. The molecule has 0 fully saturated rings. The van der Waals surface area contributed by atoms with Crippen molar-refractivity contribution >= 4 is 5.91 Å². The number of carbonyl (C=O) groups excluding carboxylic acids is 1. The standard InChI is InChI=1S/C16H17NO2/c1-2-3-11-4-9-14(16(17)19)15(10-11)12-5-7-13(18)8-6-12/h4-10,18H,2-3H2,1H3,(H2,17,19). The van der Waals surface area contributed by atoms with Gasteiger partial charge in [0.2, 0.25) is 5.91 Å². The van der Waals surface area contributed by atoms with Gasteiger partial charge in [-0.1, -0.05) is 37.6 Å². The van der Waals surface area contributed by atoms with Gasteiger partial charge >= 0.3 is 0 Å². The number of carbonyl (C=O) groups is 1. The van der Waals surface area contributed by atoms with Crippen LogP contribution in [0.5, 0.6) is 5.75 Å². The number of nitrogens with two attached hydrogens (primary N) is 1. The maximum Gasteiger partial charge on any atom is 0.249 e. The van der Waals surface area contributed by atoms with Gasteiger partial charge in [0, 0.05) is 5.56 Å². The number of aromatic hydroxyl groups is 1. The number of phenolic OH excluding ortho intramolecular Hbond substituents is 1. The molecule has 2 aromatic carbocycles. The van der Waals surface area contributed by atoms with Crippen LogP contribution in [0.4, 0.5) is 0 Å². The highest BCUT2D eigenvalue weighted by molar-refractivity contribution is 6.00. The van der Waals surface area contributed by atoms with Crippen LogP contribution >= 0.6 is 0 Å². The summed E-state index contributed by atoms with van der Waals surface area (Å²) >= 11 is 0. The van der Waals surface area contributed by atoms with E-state index >= 15 is 0 Å². The molecule has 0 aliphatic rings. The third-order valence-corrected chi connectivity index (χ3v) is 3.07. The maximum atomic E-state index is 11.5. The molecule has 2 rings (SSSR count). The molecule has 0 saturated carbocycles. The molecular formula is C16H17NO2. The van der Waals surface area contributed by atoms with Crippen molar-refractivity contribution in [3.05, 3.63) is 53.6 Å². The van der Waals surface area contributed by atoms with Gasteiger partial charge in [-0.15, -0.1) is 0 Å². The summed E-state index contributed by atoms with van der Waals surface area (Å²) in [6, 6.07) is 12.5. The van der Waals surface area contributed by atoms with Crippen molar-refractivity contribution in [2.75, 3.05) is 0 Å². The zero-order chi connectivity index (χ0) is 13.8. The summed E-state index contributed by atoms with van der Waals surface area (Å²) in [6.45, 7) is 2.11. The van der Waals surface area contributed by atoms with E-state index in [0.717, 1.165) is 24.0 Å². The van der Waals surface area contributed by atoms with E-state index in [4.69, 9.17) is 5.73 Å². The molecule has 3 nitrogen and oxygen atoms in total. The lowest BCUT2D eigenvalue weighted by atomic mass is 9.95. The van der Waals surface area contributed by atoms with Crippen LogP contribution in [0.3, 0.4) is 0 Å². The van der Waals surface area contributed by atoms with Crippen molar-refractivity contribution in [2.24, 2.45) is 5.73 Å². The molecule has 0 atom stereocenters. The summed E-state index contributed by atoms with van der Waals surface area (Å²) in [5.74, 6) is -0.236. The monoisotopic (exact) mass is 255 g/mol. The van der Waals surface area contributed by atoms with Gasteiger partial charge in [-0.2, -0.15) is 0 Å². The van der Waals surface area contributed by atoms with Gasteiger partial charge in [0.25, 0.3) is 0 Å². The second-order valence-corrected chi connectivity index (χ2v) is 4.54. The van der Waals surface area contributed by atoms with Crippen LogP contribution in [0.25, 0.3) is 11.1 Å². The van der Waals surface area contributed by atoms with Crippen LogP contribution in [-0.4, -0.2) is 11.0 Å². The Balaban J connectivity index is 2.54. The van der Waals surface area contributed by atoms with E-state index in [2.05, 4.69) is 6.92 Å². The Hall–Kier alpha value is -2.29. The van der Waals surface area contributed by atoms with E-state index in [1.807, 2.05) is 12.1 Å². The van der Waals surface area contributed by atoms with Gasteiger partial charge in [-0.3, -0.25) is 4.79 Å². The summed E-state index contributed by atoms with van der Waals surface area (Å²) in [5.41, 5.74) is 8.80. The number of aryl methyl sites for hydroxylation is 1. The normalized spacial score (nSPS) is 10.4. The fourth-order valence-electron chi connectivity index (χ4n) is 2.13. The molecule has 0 heterocycles. The fraction of sp³-hybridized carbons (Fsp3) is 0.188. The van der Waals surface area contributed by atoms with E-state index < -0.39 is 5.91 Å². The van der Waals surface area contributed by atoms with Crippen molar-refractivity contribution in [3.8, 4) is 16.9 Å². The first-order valence-corrected chi connectivity index (χ1v) is 6.34. The molecule has 0 aromatic heterocycles. The zero-order valence-electron chi connectivity index (χ0n) is 10.9. The van der Waals surface area contributed by atoms with Crippen LogP contribution in [0, 0.1) is 0 Å². The van der Waals surface area contributed by atoms with Crippen molar-refractivity contribution in [3.63, 3.8) is 0 Å². The van der Waals surface area contributed by atoms with Crippen molar-refractivity contribution in [1.82, 2.24) is 0 Å². The second kappa shape index (κ2) is 5.57. The van der Waals surface area contributed by atoms with Crippen LogP contribution in [-0.2, 0) is 6.42 Å². The first-order chi connectivity index (χ1) is 9.11. The number of primary amides is 1. The molecule has 2 aromatic rings. The van der Waals surface area contributed by atoms with Crippen LogP contribution in [0.15, 0.2) is 42.5 Å². The predicted molar refractivity (Wildman–Crippen MR) is 76.1 cm³/mol. The Morgan fingerprint density at radius 3 is 2.42 bits per heavy atom. The topological polar surface area (TPSA) is 63.3 Å². The third kappa shape index (κ3) is 2.94. The van der Waals surface area contributed by atoms with Gasteiger partial charge in [0.1, 0.15) is 5.75 Å².